The fraction of sp³-hybridized carbons (Fsp3) is 0.263. The lowest BCUT2D eigenvalue weighted by molar-refractivity contribution is -0.120. The highest BCUT2D eigenvalue weighted by molar-refractivity contribution is 6.55. The van der Waals surface area contributed by atoms with Gasteiger partial charge >= 0.3 is 0 Å². The molecule has 0 bridgehead atoms. The van der Waals surface area contributed by atoms with Gasteiger partial charge in [0, 0.05) is 12.5 Å². The molecule has 0 heterocycles. The normalized spacial score (nSPS) is 22.2. The van der Waals surface area contributed by atoms with Crippen LogP contribution in [0, 0.1) is 11.6 Å². The van der Waals surface area contributed by atoms with Gasteiger partial charge in [0.2, 0.25) is 5.91 Å². The van der Waals surface area contributed by atoms with E-state index in [1.807, 2.05) is 0 Å². The lowest BCUT2D eigenvalue weighted by Gasteiger charge is -2.18. The summed E-state index contributed by atoms with van der Waals surface area (Å²) in [6, 6.07) is 6.04. The zero-order chi connectivity index (χ0) is 21.7. The average Bonchev–Trinajstić information content (AvgIpc) is 3.17. The van der Waals surface area contributed by atoms with Crippen molar-refractivity contribution < 1.29 is 18.4 Å². The zero-order valence-electron chi connectivity index (χ0n) is 14.8. The molecule has 0 saturated heterocycles. The third-order valence-corrected chi connectivity index (χ3v) is 6.57. The van der Waals surface area contributed by atoms with E-state index >= 15 is 0 Å². The molecule has 2 aromatic rings. The molecule has 0 aliphatic heterocycles. The van der Waals surface area contributed by atoms with E-state index in [0.717, 1.165) is 18.2 Å². The van der Waals surface area contributed by atoms with Crippen LogP contribution in [0.1, 0.15) is 34.3 Å². The van der Waals surface area contributed by atoms with E-state index in [-0.39, 0.29) is 22.7 Å². The molecule has 2 amide bonds. The predicted octanol–water partition coefficient (Wildman–Crippen LogP) is 4.72. The first-order valence-electron chi connectivity index (χ1n) is 8.40. The Bertz CT molecular complexity index is 1030. The number of hydrogen-bond acceptors (Lipinski definition) is 2. The topological polar surface area (TPSA) is 72.2 Å². The Hall–Kier alpha value is -1.60. The molecule has 1 fully saturated rings. The van der Waals surface area contributed by atoms with Crippen LogP contribution in [0.2, 0.25) is 10.0 Å². The van der Waals surface area contributed by atoms with Crippen LogP contribution in [-0.4, -0.2) is 22.7 Å². The van der Waals surface area contributed by atoms with Crippen molar-refractivity contribution in [2.24, 2.45) is 5.73 Å². The van der Waals surface area contributed by atoms with Crippen molar-refractivity contribution in [2.75, 3.05) is 6.54 Å². The van der Waals surface area contributed by atoms with Gasteiger partial charge in [0.1, 0.15) is 15.6 Å². The van der Waals surface area contributed by atoms with Crippen molar-refractivity contribution in [3.8, 4) is 0 Å². The molecule has 1 aliphatic carbocycles. The molecular formula is C19H14Cl4F2N2O2. The number of carbonyl (C=O) groups excluding carboxylic acids is 2. The lowest BCUT2D eigenvalue weighted by atomic mass is 9.88. The fourth-order valence-electron chi connectivity index (χ4n) is 3.60. The van der Waals surface area contributed by atoms with Gasteiger partial charge in [-0.15, -0.1) is 0 Å². The predicted molar refractivity (Wildman–Crippen MR) is 109 cm³/mol. The standard InChI is InChI=1S/C19H14Cl4F2N2O2/c1-2-27-16(28)10-6-9(7-12(21)14(10)25)18(17(26)29)15(19(18,22)23)8-3-4-13(24)11(20)5-8/h3-7,15H,2H2,1H3,(H2,26,29)(H,27,28). The summed E-state index contributed by atoms with van der Waals surface area (Å²) in [6.07, 6.45) is 0. The monoisotopic (exact) mass is 480 g/mol. The summed E-state index contributed by atoms with van der Waals surface area (Å²) in [5.74, 6) is -4.21. The highest BCUT2D eigenvalue weighted by Gasteiger charge is 2.81. The van der Waals surface area contributed by atoms with Crippen LogP contribution < -0.4 is 11.1 Å². The minimum absolute atomic E-state index is 0.0631. The van der Waals surface area contributed by atoms with Crippen LogP contribution in [0.3, 0.4) is 0 Å². The van der Waals surface area contributed by atoms with Gasteiger partial charge < -0.3 is 11.1 Å². The Morgan fingerprint density at radius 2 is 1.79 bits per heavy atom. The Morgan fingerprint density at radius 3 is 2.34 bits per heavy atom. The fourth-order valence-corrected chi connectivity index (χ4v) is 5.10. The summed E-state index contributed by atoms with van der Waals surface area (Å²) in [5.41, 5.74) is 3.94. The highest BCUT2D eigenvalue weighted by Crippen LogP contribution is 2.74. The maximum atomic E-state index is 14.4. The highest BCUT2D eigenvalue weighted by atomic mass is 35.5. The summed E-state index contributed by atoms with van der Waals surface area (Å²) < 4.78 is 26.2. The second-order valence-corrected chi connectivity index (χ2v) is 8.78. The Morgan fingerprint density at radius 1 is 1.14 bits per heavy atom. The maximum Gasteiger partial charge on any atom is 0.254 e. The smallest absolute Gasteiger partial charge is 0.254 e. The molecule has 3 rings (SSSR count). The van der Waals surface area contributed by atoms with Crippen LogP contribution in [0.4, 0.5) is 8.78 Å². The van der Waals surface area contributed by atoms with E-state index in [4.69, 9.17) is 52.1 Å². The minimum Gasteiger partial charge on any atom is -0.369 e. The van der Waals surface area contributed by atoms with Gasteiger partial charge in [0.05, 0.1) is 15.6 Å². The molecule has 0 aromatic heterocycles. The molecule has 4 nitrogen and oxygen atoms in total. The lowest BCUT2D eigenvalue weighted by Crippen LogP contribution is -2.34. The van der Waals surface area contributed by atoms with Crippen LogP contribution in [-0.2, 0) is 10.2 Å². The number of nitrogens with one attached hydrogen (secondary N) is 1. The van der Waals surface area contributed by atoms with Crippen molar-refractivity contribution in [3.63, 3.8) is 0 Å². The molecule has 0 radical (unpaired) electrons. The van der Waals surface area contributed by atoms with E-state index in [0.29, 0.717) is 5.56 Å². The number of alkyl halides is 2. The first kappa shape index (κ1) is 22.1. The number of carbonyl (C=O) groups is 2. The molecular weight excluding hydrogens is 468 g/mol. The second kappa shape index (κ2) is 7.58. The molecule has 154 valence electrons. The molecule has 1 aliphatic rings. The van der Waals surface area contributed by atoms with Gasteiger partial charge in [0.25, 0.3) is 5.91 Å². The van der Waals surface area contributed by atoms with Gasteiger partial charge in [-0.2, -0.15) is 0 Å². The average molecular weight is 482 g/mol. The first-order valence-corrected chi connectivity index (χ1v) is 9.91. The summed E-state index contributed by atoms with van der Waals surface area (Å²) in [7, 11) is 0. The van der Waals surface area contributed by atoms with Gasteiger partial charge in [-0.3, -0.25) is 9.59 Å². The van der Waals surface area contributed by atoms with Crippen LogP contribution in [0.15, 0.2) is 30.3 Å². The molecule has 10 heteroatoms. The van der Waals surface area contributed by atoms with Crippen molar-refractivity contribution >= 4 is 58.2 Å². The summed E-state index contributed by atoms with van der Waals surface area (Å²) in [6.45, 7) is 1.90. The molecule has 3 N–H and O–H groups in total. The number of primary amides is 1. The van der Waals surface area contributed by atoms with E-state index < -0.39 is 44.1 Å². The number of halogens is 6. The summed E-state index contributed by atoms with van der Waals surface area (Å²) in [4.78, 5) is 24.8. The molecule has 2 unspecified atom stereocenters. The van der Waals surface area contributed by atoms with Crippen LogP contribution in [0.25, 0.3) is 0 Å². The maximum absolute atomic E-state index is 14.4. The molecule has 0 spiro atoms. The van der Waals surface area contributed by atoms with Crippen molar-refractivity contribution in [2.45, 2.75) is 22.6 Å². The van der Waals surface area contributed by atoms with Gasteiger partial charge in [0.15, 0.2) is 5.82 Å². The van der Waals surface area contributed by atoms with E-state index in [9.17, 15) is 18.4 Å². The van der Waals surface area contributed by atoms with Gasteiger partial charge in [-0.05, 0) is 42.3 Å². The quantitative estimate of drug-likeness (QED) is 0.606. The number of hydrogen-bond donors (Lipinski definition) is 2. The number of amides is 2. The van der Waals surface area contributed by atoms with Crippen molar-refractivity contribution in [1.82, 2.24) is 5.32 Å². The second-order valence-electron chi connectivity index (χ2n) is 6.58. The zero-order valence-corrected chi connectivity index (χ0v) is 17.9. The van der Waals surface area contributed by atoms with E-state index in [2.05, 4.69) is 5.32 Å². The van der Waals surface area contributed by atoms with Crippen molar-refractivity contribution in [3.05, 3.63) is 68.7 Å². The molecule has 2 aromatic carbocycles. The van der Waals surface area contributed by atoms with Crippen LogP contribution in [0.5, 0.6) is 0 Å². The van der Waals surface area contributed by atoms with Gasteiger partial charge in [-0.1, -0.05) is 52.5 Å². The Kier molecular flexibility index (Phi) is 5.78. The first-order chi connectivity index (χ1) is 13.5. The van der Waals surface area contributed by atoms with Gasteiger partial charge in [-0.25, -0.2) is 8.78 Å². The third kappa shape index (κ3) is 3.26. The summed E-state index contributed by atoms with van der Waals surface area (Å²) in [5, 5.41) is 1.85. The van der Waals surface area contributed by atoms with E-state index in [1.54, 1.807) is 6.92 Å². The molecule has 29 heavy (non-hydrogen) atoms. The minimum atomic E-state index is -1.76. The SMILES string of the molecule is CCNC(=O)c1cc(C2(C(N)=O)C(c3ccc(F)c(Cl)c3)C2(Cl)Cl)cc(Cl)c1F. The van der Waals surface area contributed by atoms with E-state index in [1.165, 1.54) is 12.1 Å². The third-order valence-electron chi connectivity index (χ3n) is 4.97. The number of rotatable bonds is 5. The number of benzene rings is 2. The molecule has 2 atom stereocenters. The van der Waals surface area contributed by atoms with Crippen molar-refractivity contribution in [1.29, 1.82) is 0 Å². The Labute approximate surface area is 185 Å². The molecule has 1 saturated carbocycles. The summed E-state index contributed by atoms with van der Waals surface area (Å²) >= 11 is 24.7. The van der Waals surface area contributed by atoms with Crippen LogP contribution >= 0.6 is 46.4 Å². The Balaban J connectivity index is 2.21. The number of nitrogens with two attached hydrogens (primary N) is 1. The largest absolute Gasteiger partial charge is 0.369 e.